The second-order valence-electron chi connectivity index (χ2n) is 3.70. The number of carbonyl (C=O) groups excluding carboxylic acids is 1. The van der Waals surface area contributed by atoms with Crippen molar-refractivity contribution in [3.63, 3.8) is 0 Å². The van der Waals surface area contributed by atoms with E-state index in [1.807, 2.05) is 13.8 Å². The molecule has 0 saturated carbocycles. The third-order valence-corrected chi connectivity index (χ3v) is 2.14. The lowest BCUT2D eigenvalue weighted by Gasteiger charge is -2.25. The molecule has 7 heteroatoms. The first-order valence-corrected chi connectivity index (χ1v) is 5.10. The van der Waals surface area contributed by atoms with Crippen LogP contribution in [0, 0.1) is 0 Å². The second-order valence-corrected chi connectivity index (χ2v) is 3.70. The number of carbonyl (C=O) groups is 1. The molecule has 0 aliphatic heterocycles. The van der Waals surface area contributed by atoms with Crippen LogP contribution in [0.25, 0.3) is 0 Å². The molecule has 0 unspecified atom stereocenters. The number of nitrogens with two attached hydrogens (primary N) is 1. The van der Waals surface area contributed by atoms with E-state index < -0.39 is 0 Å². The Kier molecular flexibility index (Phi) is 4.24. The number of rotatable bonds is 5. The summed E-state index contributed by atoms with van der Waals surface area (Å²) in [5.41, 5.74) is 5.34. The van der Waals surface area contributed by atoms with Gasteiger partial charge in [-0.1, -0.05) is 0 Å². The fourth-order valence-electron chi connectivity index (χ4n) is 1.39. The zero-order valence-corrected chi connectivity index (χ0v) is 9.50. The van der Waals surface area contributed by atoms with Crippen LogP contribution in [0.3, 0.4) is 0 Å². The third kappa shape index (κ3) is 3.20. The molecular weight excluding hydrogens is 210 g/mol. The molecule has 90 valence electrons. The molecule has 1 heterocycles. The van der Waals surface area contributed by atoms with Gasteiger partial charge in [0.05, 0.1) is 6.61 Å². The topological polar surface area (TPSA) is 97.3 Å². The van der Waals surface area contributed by atoms with Gasteiger partial charge in [0, 0.05) is 12.6 Å². The maximum atomic E-state index is 11.8. The summed E-state index contributed by atoms with van der Waals surface area (Å²) in [6.45, 7) is 4.14. The summed E-state index contributed by atoms with van der Waals surface area (Å²) >= 11 is 0. The van der Waals surface area contributed by atoms with Crippen molar-refractivity contribution in [3.8, 4) is 0 Å². The molecule has 16 heavy (non-hydrogen) atoms. The van der Waals surface area contributed by atoms with Gasteiger partial charge in [-0.3, -0.25) is 4.79 Å². The minimum Gasteiger partial charge on any atom is -0.395 e. The van der Waals surface area contributed by atoms with E-state index in [2.05, 4.69) is 10.1 Å². The van der Waals surface area contributed by atoms with Crippen molar-refractivity contribution < 1.29 is 9.90 Å². The second kappa shape index (κ2) is 5.45. The standard InChI is InChI=1S/C9H17N5O2/c1-7(2)14(3-4-15)8(16)5-13-6-11-9(10)12-13/h6-7,15H,3-5H2,1-2H3,(H2,10,12). The van der Waals surface area contributed by atoms with Gasteiger partial charge in [0.2, 0.25) is 11.9 Å². The van der Waals surface area contributed by atoms with E-state index >= 15 is 0 Å². The number of aliphatic hydroxyl groups is 1. The SMILES string of the molecule is CC(C)N(CCO)C(=O)Cn1cnc(N)n1. The Hall–Kier alpha value is -1.63. The number of nitrogens with zero attached hydrogens (tertiary/aromatic N) is 4. The van der Waals surface area contributed by atoms with E-state index in [1.54, 1.807) is 4.90 Å². The van der Waals surface area contributed by atoms with Crippen molar-refractivity contribution in [2.45, 2.75) is 26.4 Å². The van der Waals surface area contributed by atoms with E-state index in [4.69, 9.17) is 10.8 Å². The van der Waals surface area contributed by atoms with Crippen molar-refractivity contribution in [1.82, 2.24) is 19.7 Å². The van der Waals surface area contributed by atoms with E-state index in [0.29, 0.717) is 6.54 Å². The molecule has 0 spiro atoms. The van der Waals surface area contributed by atoms with Gasteiger partial charge >= 0.3 is 0 Å². The lowest BCUT2D eigenvalue weighted by atomic mass is 10.3. The van der Waals surface area contributed by atoms with Gasteiger partial charge in [-0.05, 0) is 13.8 Å². The Morgan fingerprint density at radius 3 is 2.81 bits per heavy atom. The molecule has 1 amide bonds. The molecule has 0 bridgehead atoms. The van der Waals surface area contributed by atoms with Crippen molar-refractivity contribution in [2.75, 3.05) is 18.9 Å². The van der Waals surface area contributed by atoms with Gasteiger partial charge in [0.25, 0.3) is 0 Å². The van der Waals surface area contributed by atoms with E-state index in [-0.39, 0.29) is 31.0 Å². The highest BCUT2D eigenvalue weighted by molar-refractivity contribution is 5.76. The molecule has 0 saturated heterocycles. The lowest BCUT2D eigenvalue weighted by molar-refractivity contribution is -0.134. The highest BCUT2D eigenvalue weighted by atomic mass is 16.3. The molecular formula is C9H17N5O2. The van der Waals surface area contributed by atoms with Crippen LogP contribution in [0.5, 0.6) is 0 Å². The van der Waals surface area contributed by atoms with E-state index in [1.165, 1.54) is 11.0 Å². The number of anilines is 1. The summed E-state index contributed by atoms with van der Waals surface area (Å²) in [4.78, 5) is 17.1. The Morgan fingerprint density at radius 2 is 2.38 bits per heavy atom. The normalized spacial score (nSPS) is 10.8. The van der Waals surface area contributed by atoms with Gasteiger partial charge in [-0.15, -0.1) is 5.10 Å². The number of aromatic nitrogens is 3. The third-order valence-electron chi connectivity index (χ3n) is 2.14. The molecule has 1 aromatic rings. The molecule has 0 fully saturated rings. The van der Waals surface area contributed by atoms with Gasteiger partial charge in [0.15, 0.2) is 0 Å². The van der Waals surface area contributed by atoms with Crippen LogP contribution >= 0.6 is 0 Å². The number of nitrogen functional groups attached to an aromatic ring is 1. The number of hydrogen-bond acceptors (Lipinski definition) is 5. The van der Waals surface area contributed by atoms with Gasteiger partial charge in [-0.2, -0.15) is 0 Å². The summed E-state index contributed by atoms with van der Waals surface area (Å²) in [7, 11) is 0. The van der Waals surface area contributed by atoms with Crippen molar-refractivity contribution >= 4 is 11.9 Å². The molecule has 0 aromatic carbocycles. The minimum absolute atomic E-state index is 0.0421. The molecule has 0 radical (unpaired) electrons. The van der Waals surface area contributed by atoms with Crippen LogP contribution in [-0.2, 0) is 11.3 Å². The quantitative estimate of drug-likeness (QED) is 0.678. The van der Waals surface area contributed by atoms with Gasteiger partial charge in [0.1, 0.15) is 12.9 Å². The maximum absolute atomic E-state index is 11.8. The number of aliphatic hydroxyl groups excluding tert-OH is 1. The maximum Gasteiger partial charge on any atom is 0.244 e. The van der Waals surface area contributed by atoms with E-state index in [0.717, 1.165) is 0 Å². The van der Waals surface area contributed by atoms with Gasteiger partial charge < -0.3 is 15.7 Å². The summed E-state index contributed by atoms with van der Waals surface area (Å²) in [6.07, 6.45) is 1.41. The summed E-state index contributed by atoms with van der Waals surface area (Å²) < 4.78 is 1.38. The highest BCUT2D eigenvalue weighted by Crippen LogP contribution is 2.00. The monoisotopic (exact) mass is 227 g/mol. The fraction of sp³-hybridized carbons (Fsp3) is 0.667. The Balaban J connectivity index is 2.61. The molecule has 7 nitrogen and oxygen atoms in total. The first-order chi connectivity index (χ1) is 7.54. The van der Waals surface area contributed by atoms with Crippen LogP contribution in [-0.4, -0.2) is 49.9 Å². The fourth-order valence-corrected chi connectivity index (χ4v) is 1.39. The lowest BCUT2D eigenvalue weighted by Crippen LogP contribution is -2.41. The summed E-state index contributed by atoms with van der Waals surface area (Å²) in [5, 5.41) is 12.7. The first-order valence-electron chi connectivity index (χ1n) is 5.10. The minimum atomic E-state index is -0.117. The Bertz CT molecular complexity index is 349. The van der Waals surface area contributed by atoms with Crippen LogP contribution in [0.15, 0.2) is 6.33 Å². The predicted octanol–water partition coefficient (Wildman–Crippen LogP) is -0.910. The average molecular weight is 227 g/mol. The molecule has 1 aromatic heterocycles. The Morgan fingerprint density at radius 1 is 1.69 bits per heavy atom. The largest absolute Gasteiger partial charge is 0.395 e. The van der Waals surface area contributed by atoms with Crippen molar-refractivity contribution in [3.05, 3.63) is 6.33 Å². The predicted molar refractivity (Wildman–Crippen MR) is 58.4 cm³/mol. The van der Waals surface area contributed by atoms with E-state index in [9.17, 15) is 4.79 Å². The Labute approximate surface area is 93.9 Å². The summed E-state index contributed by atoms with van der Waals surface area (Å²) in [6, 6.07) is 0.0421. The zero-order chi connectivity index (χ0) is 12.1. The van der Waals surface area contributed by atoms with Crippen LogP contribution in [0.2, 0.25) is 0 Å². The first kappa shape index (κ1) is 12.4. The highest BCUT2D eigenvalue weighted by Gasteiger charge is 2.16. The van der Waals surface area contributed by atoms with Crippen LogP contribution < -0.4 is 5.73 Å². The molecule has 0 aliphatic carbocycles. The molecule has 0 aliphatic rings. The molecule has 3 N–H and O–H groups in total. The smallest absolute Gasteiger partial charge is 0.244 e. The van der Waals surface area contributed by atoms with Crippen molar-refractivity contribution in [2.24, 2.45) is 0 Å². The van der Waals surface area contributed by atoms with Gasteiger partial charge in [-0.25, -0.2) is 9.67 Å². The van der Waals surface area contributed by atoms with Crippen LogP contribution in [0.1, 0.15) is 13.8 Å². The summed E-state index contributed by atoms with van der Waals surface area (Å²) in [5.74, 6) is 0.0278. The van der Waals surface area contributed by atoms with Crippen molar-refractivity contribution in [1.29, 1.82) is 0 Å². The number of amides is 1. The molecule has 1 rings (SSSR count). The average Bonchev–Trinajstić information content (AvgIpc) is 2.59. The zero-order valence-electron chi connectivity index (χ0n) is 9.50. The molecule has 0 atom stereocenters. The number of hydrogen-bond donors (Lipinski definition) is 2. The van der Waals surface area contributed by atoms with Crippen LogP contribution in [0.4, 0.5) is 5.95 Å².